The quantitative estimate of drug-likeness (QED) is 0.727. The van der Waals surface area contributed by atoms with Gasteiger partial charge in [0, 0.05) is 19.2 Å². The first-order valence-electron chi connectivity index (χ1n) is 5.03. The minimum atomic E-state index is -0.175. The molecule has 5 nitrogen and oxygen atoms in total. The molecule has 2 amide bonds. The molecule has 1 aliphatic rings. The van der Waals surface area contributed by atoms with Gasteiger partial charge in [0.15, 0.2) is 0 Å². The molecule has 1 aromatic heterocycles. The SMILES string of the molecule is O=C1CN(C(=O)/C=C/c2ccco2)CCN1. The summed E-state index contributed by atoms with van der Waals surface area (Å²) in [5.41, 5.74) is 0. The molecule has 16 heavy (non-hydrogen) atoms. The van der Waals surface area contributed by atoms with Gasteiger partial charge in [0.2, 0.25) is 11.8 Å². The lowest BCUT2D eigenvalue weighted by Gasteiger charge is -2.25. The standard InChI is InChI=1S/C11H12N2O3/c14-10-8-13(6-5-12-10)11(15)4-3-9-2-1-7-16-9/h1-4,7H,5-6,8H2,(H,12,14)/b4-3+. The fourth-order valence-corrected chi connectivity index (χ4v) is 1.47. The maximum Gasteiger partial charge on any atom is 0.247 e. The summed E-state index contributed by atoms with van der Waals surface area (Å²) in [5, 5.41) is 2.66. The fraction of sp³-hybridized carbons (Fsp3) is 0.273. The normalized spacial score (nSPS) is 16.5. The summed E-state index contributed by atoms with van der Waals surface area (Å²) >= 11 is 0. The lowest BCUT2D eigenvalue weighted by Crippen LogP contribution is -2.49. The summed E-state index contributed by atoms with van der Waals surface area (Å²) in [7, 11) is 0. The molecule has 0 radical (unpaired) electrons. The van der Waals surface area contributed by atoms with Crippen molar-refractivity contribution in [1.82, 2.24) is 10.2 Å². The Labute approximate surface area is 92.7 Å². The van der Waals surface area contributed by atoms with E-state index in [2.05, 4.69) is 5.32 Å². The second-order valence-electron chi connectivity index (χ2n) is 3.46. The predicted molar refractivity (Wildman–Crippen MR) is 57.3 cm³/mol. The molecule has 0 bridgehead atoms. The van der Waals surface area contributed by atoms with E-state index in [0.717, 1.165) is 0 Å². The lowest BCUT2D eigenvalue weighted by molar-refractivity contribution is -0.134. The maximum absolute atomic E-state index is 11.7. The number of nitrogens with one attached hydrogen (secondary N) is 1. The van der Waals surface area contributed by atoms with E-state index in [0.29, 0.717) is 18.8 Å². The molecule has 84 valence electrons. The molecule has 0 aromatic carbocycles. The Bertz CT molecular complexity index is 409. The molecule has 0 saturated carbocycles. The monoisotopic (exact) mass is 220 g/mol. The molecule has 0 unspecified atom stereocenters. The topological polar surface area (TPSA) is 62.6 Å². The Morgan fingerprint density at radius 2 is 2.44 bits per heavy atom. The number of hydrogen-bond acceptors (Lipinski definition) is 3. The predicted octanol–water partition coefficient (Wildman–Crippen LogP) is 0.251. The minimum absolute atomic E-state index is 0.119. The van der Waals surface area contributed by atoms with Crippen LogP contribution in [-0.2, 0) is 9.59 Å². The fourth-order valence-electron chi connectivity index (χ4n) is 1.47. The van der Waals surface area contributed by atoms with Gasteiger partial charge in [-0.1, -0.05) is 0 Å². The highest BCUT2D eigenvalue weighted by Gasteiger charge is 2.18. The van der Waals surface area contributed by atoms with E-state index >= 15 is 0 Å². The third kappa shape index (κ3) is 2.50. The third-order valence-corrected chi connectivity index (χ3v) is 2.28. The van der Waals surface area contributed by atoms with Crippen LogP contribution in [0.1, 0.15) is 5.76 Å². The summed E-state index contributed by atoms with van der Waals surface area (Å²) in [6.07, 6.45) is 4.55. The van der Waals surface area contributed by atoms with Crippen LogP contribution in [-0.4, -0.2) is 36.3 Å². The van der Waals surface area contributed by atoms with Gasteiger partial charge in [0.05, 0.1) is 12.8 Å². The van der Waals surface area contributed by atoms with Crippen LogP contribution in [0.15, 0.2) is 28.9 Å². The number of carbonyl (C=O) groups excluding carboxylic acids is 2. The first-order valence-corrected chi connectivity index (χ1v) is 5.03. The van der Waals surface area contributed by atoms with Crippen molar-refractivity contribution >= 4 is 17.9 Å². The van der Waals surface area contributed by atoms with E-state index in [1.165, 1.54) is 11.0 Å². The van der Waals surface area contributed by atoms with Crippen molar-refractivity contribution in [3.8, 4) is 0 Å². The molecule has 0 spiro atoms. The Morgan fingerprint density at radius 3 is 3.12 bits per heavy atom. The molecule has 2 heterocycles. The molecular formula is C11H12N2O3. The Hall–Kier alpha value is -2.04. The second-order valence-corrected chi connectivity index (χ2v) is 3.46. The zero-order valence-electron chi connectivity index (χ0n) is 8.68. The van der Waals surface area contributed by atoms with Gasteiger partial charge in [-0.25, -0.2) is 0 Å². The highest BCUT2D eigenvalue weighted by Crippen LogP contribution is 2.03. The average Bonchev–Trinajstić information content (AvgIpc) is 2.78. The molecule has 1 aliphatic heterocycles. The van der Waals surface area contributed by atoms with Gasteiger partial charge in [0.1, 0.15) is 5.76 Å². The molecule has 1 saturated heterocycles. The van der Waals surface area contributed by atoms with Crippen LogP contribution in [0, 0.1) is 0 Å². The summed E-state index contributed by atoms with van der Waals surface area (Å²) in [4.78, 5) is 24.2. The van der Waals surface area contributed by atoms with Crippen LogP contribution >= 0.6 is 0 Å². The van der Waals surface area contributed by atoms with Gasteiger partial charge >= 0.3 is 0 Å². The number of carbonyl (C=O) groups is 2. The smallest absolute Gasteiger partial charge is 0.247 e. The third-order valence-electron chi connectivity index (χ3n) is 2.28. The van der Waals surface area contributed by atoms with Crippen molar-refractivity contribution in [2.45, 2.75) is 0 Å². The van der Waals surface area contributed by atoms with Crippen molar-refractivity contribution in [3.63, 3.8) is 0 Å². The Kier molecular flexibility index (Phi) is 3.05. The minimum Gasteiger partial charge on any atom is -0.465 e. The number of furan rings is 1. The van der Waals surface area contributed by atoms with Crippen molar-refractivity contribution in [2.24, 2.45) is 0 Å². The number of hydrogen-bond donors (Lipinski definition) is 1. The molecule has 0 aliphatic carbocycles. The van der Waals surface area contributed by atoms with Crippen molar-refractivity contribution < 1.29 is 14.0 Å². The van der Waals surface area contributed by atoms with Crippen LogP contribution in [0.5, 0.6) is 0 Å². The summed E-state index contributed by atoms with van der Waals surface area (Å²) in [6, 6.07) is 3.51. The summed E-state index contributed by atoms with van der Waals surface area (Å²) in [6.45, 7) is 1.19. The summed E-state index contributed by atoms with van der Waals surface area (Å²) < 4.78 is 5.06. The molecule has 1 N–H and O–H groups in total. The lowest BCUT2D eigenvalue weighted by atomic mass is 10.3. The van der Waals surface area contributed by atoms with E-state index in [1.54, 1.807) is 24.5 Å². The maximum atomic E-state index is 11.7. The van der Waals surface area contributed by atoms with Crippen molar-refractivity contribution in [2.75, 3.05) is 19.6 Å². The molecule has 1 fully saturated rings. The molecule has 5 heteroatoms. The Balaban J connectivity index is 1.95. The van der Waals surface area contributed by atoms with Crippen LogP contribution in [0.25, 0.3) is 6.08 Å². The summed E-state index contributed by atoms with van der Waals surface area (Å²) in [5.74, 6) is 0.326. The van der Waals surface area contributed by atoms with E-state index in [-0.39, 0.29) is 18.4 Å². The zero-order valence-corrected chi connectivity index (χ0v) is 8.68. The molecular weight excluding hydrogens is 208 g/mol. The molecule has 2 rings (SSSR count). The molecule has 0 atom stereocenters. The van der Waals surface area contributed by atoms with E-state index in [4.69, 9.17) is 4.42 Å². The van der Waals surface area contributed by atoms with E-state index in [1.807, 2.05) is 0 Å². The highest BCUT2D eigenvalue weighted by molar-refractivity contribution is 5.94. The van der Waals surface area contributed by atoms with Gasteiger partial charge in [-0.15, -0.1) is 0 Å². The van der Waals surface area contributed by atoms with Gasteiger partial charge in [-0.3, -0.25) is 9.59 Å². The van der Waals surface area contributed by atoms with E-state index < -0.39 is 0 Å². The zero-order chi connectivity index (χ0) is 11.4. The van der Waals surface area contributed by atoms with Gasteiger partial charge < -0.3 is 14.6 Å². The number of piperazine rings is 1. The van der Waals surface area contributed by atoms with Gasteiger partial charge in [0.25, 0.3) is 0 Å². The van der Waals surface area contributed by atoms with Crippen LogP contribution in [0.2, 0.25) is 0 Å². The van der Waals surface area contributed by atoms with Crippen molar-refractivity contribution in [3.05, 3.63) is 30.2 Å². The second kappa shape index (κ2) is 4.65. The number of amides is 2. The van der Waals surface area contributed by atoms with Gasteiger partial charge in [-0.05, 0) is 18.2 Å². The van der Waals surface area contributed by atoms with Gasteiger partial charge in [-0.2, -0.15) is 0 Å². The average molecular weight is 220 g/mol. The number of rotatable bonds is 2. The Morgan fingerprint density at radius 1 is 1.56 bits per heavy atom. The first kappa shape index (κ1) is 10.5. The number of nitrogens with zero attached hydrogens (tertiary/aromatic N) is 1. The van der Waals surface area contributed by atoms with Crippen LogP contribution in [0.3, 0.4) is 0 Å². The van der Waals surface area contributed by atoms with Crippen LogP contribution < -0.4 is 5.32 Å². The first-order chi connectivity index (χ1) is 7.75. The highest BCUT2D eigenvalue weighted by atomic mass is 16.3. The van der Waals surface area contributed by atoms with E-state index in [9.17, 15) is 9.59 Å². The largest absolute Gasteiger partial charge is 0.465 e. The van der Waals surface area contributed by atoms with Crippen molar-refractivity contribution in [1.29, 1.82) is 0 Å². The van der Waals surface area contributed by atoms with Crippen LogP contribution in [0.4, 0.5) is 0 Å². The molecule has 1 aromatic rings.